The molecule has 0 unspecified atom stereocenters. The molecule has 3 aromatic carbocycles. The summed E-state index contributed by atoms with van der Waals surface area (Å²) in [4.78, 5) is 19.2. The number of methoxy groups -OCH3 is 2. The molecule has 0 saturated carbocycles. The molecule has 0 aliphatic carbocycles. The van der Waals surface area contributed by atoms with Gasteiger partial charge in [0.1, 0.15) is 32.5 Å². The van der Waals surface area contributed by atoms with Crippen molar-refractivity contribution in [2.75, 3.05) is 60.8 Å². The molecule has 0 amide bonds. The summed E-state index contributed by atoms with van der Waals surface area (Å²) in [6, 6.07) is 16.8. The maximum Gasteiger partial charge on any atom is 0.305 e. The van der Waals surface area contributed by atoms with Crippen LogP contribution in [0, 0.1) is 0 Å². The number of nitrogens with one attached hydrogen (secondary N) is 2. The van der Waals surface area contributed by atoms with E-state index in [1.165, 1.54) is 11.8 Å². The largest absolute Gasteiger partial charge is 0.494 e. The second kappa shape index (κ2) is 22.4. The van der Waals surface area contributed by atoms with Crippen LogP contribution in [0.5, 0.6) is 11.5 Å². The summed E-state index contributed by atoms with van der Waals surface area (Å²) in [6.45, 7) is 10.6. The van der Waals surface area contributed by atoms with Crippen LogP contribution in [0.3, 0.4) is 0 Å². The molecular weight excluding hydrogens is 1110 g/mol. The first-order valence-corrected chi connectivity index (χ1v) is 29.1. The third-order valence-corrected chi connectivity index (χ3v) is 19.2. The van der Waals surface area contributed by atoms with Crippen LogP contribution >= 0.6 is 80.7 Å². The van der Waals surface area contributed by atoms with Crippen molar-refractivity contribution in [3.63, 3.8) is 0 Å². The molecule has 0 aliphatic rings. The molecule has 21 nitrogen and oxygen atoms in total. The molecule has 0 radical (unpaired) electrons. The molecule has 0 spiro atoms. The summed E-state index contributed by atoms with van der Waals surface area (Å²) in [5.74, 6) is 1.67. The minimum absolute atomic E-state index is 0.100. The zero-order valence-electron chi connectivity index (χ0n) is 38.6. The number of hydrogen-bond donors (Lipinski definition) is 4. The van der Waals surface area contributed by atoms with E-state index in [0.717, 1.165) is 62.7 Å². The Morgan fingerprint density at radius 2 is 1.08 bits per heavy atom. The molecule has 8 rings (SSSR count). The molecule has 30 heteroatoms. The highest BCUT2D eigenvalue weighted by atomic mass is 35.5. The standard InChI is InChI=1S/C42H41Cl2N13O8S7/c1-7-56(8-2)26-16-22(24(18-28(26)64-5)50-52-34-30-32(43)38(71(58,59)60)67-36(30)54-69-34)45-40-47-41(49-42(48-40)66-20-21-14-12-11-13-15-21)46-23-17-27(57(9-3)10-4)29(65-6)19-25(23)51-53-35-31-33(44)39(72(61,62)63)68-37(31)55-70-35/h11-19H,7-10,20H2,1-6H3,(H,58,59,60)(H,61,62,63)(H2,45,46,47,48,49). The second-order valence-corrected chi connectivity index (χ2v) is 23.2. The van der Waals surface area contributed by atoms with Crippen LogP contribution in [0.25, 0.3) is 20.4 Å². The minimum Gasteiger partial charge on any atom is -0.494 e. The number of hydrogen-bond acceptors (Lipinski definition) is 24. The van der Waals surface area contributed by atoms with E-state index in [2.05, 4.69) is 49.6 Å². The number of anilines is 6. The van der Waals surface area contributed by atoms with Crippen molar-refractivity contribution >= 4 is 177 Å². The van der Waals surface area contributed by atoms with E-state index < -0.39 is 28.7 Å². The van der Waals surface area contributed by atoms with Crippen molar-refractivity contribution in [3.8, 4) is 11.5 Å². The van der Waals surface area contributed by atoms with Gasteiger partial charge in [-0.05, 0) is 68.5 Å². The van der Waals surface area contributed by atoms with Crippen molar-refractivity contribution in [1.29, 1.82) is 0 Å². The molecule has 5 heterocycles. The lowest BCUT2D eigenvalue weighted by Gasteiger charge is -2.25. The van der Waals surface area contributed by atoms with Crippen molar-refractivity contribution in [2.24, 2.45) is 20.5 Å². The normalized spacial score (nSPS) is 12.2. The van der Waals surface area contributed by atoms with Gasteiger partial charge in [0.15, 0.2) is 23.6 Å². The molecule has 0 bridgehead atoms. The molecule has 0 atom stereocenters. The van der Waals surface area contributed by atoms with Crippen LogP contribution in [-0.4, -0.2) is 90.0 Å². The number of ether oxygens (including phenoxy) is 2. The lowest BCUT2D eigenvalue weighted by molar-refractivity contribution is 0.414. The van der Waals surface area contributed by atoms with E-state index >= 15 is 0 Å². The van der Waals surface area contributed by atoms with Gasteiger partial charge < -0.3 is 29.9 Å². The summed E-state index contributed by atoms with van der Waals surface area (Å²) in [6.07, 6.45) is 0. The number of fused-ring (bicyclic) bond motifs is 2. The van der Waals surface area contributed by atoms with Gasteiger partial charge in [-0.15, -0.1) is 20.5 Å². The summed E-state index contributed by atoms with van der Waals surface area (Å²) in [7, 11) is -6.18. The predicted molar refractivity (Wildman–Crippen MR) is 289 cm³/mol. The van der Waals surface area contributed by atoms with E-state index in [0.29, 0.717) is 60.0 Å². The minimum atomic E-state index is -4.63. The number of azo groups is 2. The van der Waals surface area contributed by atoms with E-state index in [1.54, 1.807) is 26.4 Å². The first kappa shape index (κ1) is 52.9. The second-order valence-electron chi connectivity index (χ2n) is 14.8. The highest BCUT2D eigenvalue weighted by Gasteiger charge is 2.27. The van der Waals surface area contributed by atoms with Gasteiger partial charge in [-0.3, -0.25) is 9.11 Å². The fraction of sp³-hybridized carbons (Fsp3) is 0.262. The maximum atomic E-state index is 12.1. The fourth-order valence-corrected chi connectivity index (χ4v) is 14.5. The molecule has 0 aliphatic heterocycles. The molecule has 8 aromatic rings. The van der Waals surface area contributed by atoms with Crippen LogP contribution in [-0.2, 0) is 26.0 Å². The summed E-state index contributed by atoms with van der Waals surface area (Å²) < 4.78 is 87.3. The molecule has 0 saturated heterocycles. The van der Waals surface area contributed by atoms with Crippen molar-refractivity contribution in [1.82, 2.24) is 23.7 Å². The Bertz CT molecular complexity index is 3380. The summed E-state index contributed by atoms with van der Waals surface area (Å²) in [5.41, 5.74) is 3.81. The topological polar surface area (TPSA) is 272 Å². The monoisotopic (exact) mass is 1150 g/mol. The van der Waals surface area contributed by atoms with Gasteiger partial charge in [-0.2, -0.15) is 40.5 Å². The number of benzene rings is 3. The van der Waals surface area contributed by atoms with Crippen molar-refractivity contribution < 1.29 is 35.4 Å². The molecule has 378 valence electrons. The van der Waals surface area contributed by atoms with Crippen LogP contribution < -0.4 is 29.9 Å². The van der Waals surface area contributed by atoms with Crippen LogP contribution in [0.2, 0.25) is 10.0 Å². The zero-order chi connectivity index (χ0) is 51.5. The Hall–Kier alpha value is -5.40. The SMILES string of the molecule is CCN(CC)c1cc(Nc2nc(Nc3cc(N(CC)CC)c(OC)cc3N=Nc3snc4sc(S(=O)(=O)O)c(Cl)c34)nc(SCc3ccccc3)n2)c(N=Nc2snc3sc(S(=O)(=O)O)c(Cl)c23)cc1OC. The highest BCUT2D eigenvalue weighted by Crippen LogP contribution is 2.49. The van der Waals surface area contributed by atoms with Crippen LogP contribution in [0.15, 0.2) is 88.6 Å². The smallest absolute Gasteiger partial charge is 0.305 e. The van der Waals surface area contributed by atoms with Gasteiger partial charge in [-0.25, -0.2) is 0 Å². The molecular formula is C42H41Cl2N13O8S7. The fourth-order valence-electron chi connectivity index (χ4n) is 7.11. The third kappa shape index (κ3) is 11.4. The van der Waals surface area contributed by atoms with E-state index in [4.69, 9.17) is 47.6 Å². The average molecular weight is 1150 g/mol. The number of thiophene rings is 2. The Balaban J connectivity index is 1.25. The summed E-state index contributed by atoms with van der Waals surface area (Å²) >= 11 is 17.6. The number of thioether (sulfide) groups is 1. The predicted octanol–water partition coefficient (Wildman–Crippen LogP) is 13.3. The number of halogens is 2. The highest BCUT2D eigenvalue weighted by molar-refractivity contribution is 7.98. The van der Waals surface area contributed by atoms with Gasteiger partial charge >= 0.3 is 20.2 Å². The van der Waals surface area contributed by atoms with Gasteiger partial charge in [0.2, 0.25) is 11.9 Å². The average Bonchev–Trinajstić information content (AvgIpc) is 4.13. The quantitative estimate of drug-likeness (QED) is 0.0296. The molecule has 4 N–H and O–H groups in total. The third-order valence-electron chi connectivity index (χ3n) is 10.5. The van der Waals surface area contributed by atoms with Crippen molar-refractivity contribution in [3.05, 3.63) is 70.2 Å². The zero-order valence-corrected chi connectivity index (χ0v) is 45.8. The summed E-state index contributed by atoms with van der Waals surface area (Å²) in [5, 5.41) is 25.5. The lowest BCUT2D eigenvalue weighted by Crippen LogP contribution is -2.22. The van der Waals surface area contributed by atoms with Gasteiger partial charge in [0.05, 0.1) is 57.8 Å². The Morgan fingerprint density at radius 1 is 0.653 bits per heavy atom. The Kier molecular flexibility index (Phi) is 16.4. The van der Waals surface area contributed by atoms with E-state index in [9.17, 15) is 25.9 Å². The van der Waals surface area contributed by atoms with Crippen LogP contribution in [0.4, 0.5) is 56.0 Å². The molecule has 0 fully saturated rings. The van der Waals surface area contributed by atoms with E-state index in [-0.39, 0.29) is 63.8 Å². The van der Waals surface area contributed by atoms with Crippen molar-refractivity contribution in [2.45, 2.75) is 47.0 Å². The number of aromatic nitrogens is 5. The molecule has 5 aromatic heterocycles. The maximum absolute atomic E-state index is 12.1. The van der Waals surface area contributed by atoms with Gasteiger partial charge in [0, 0.05) is 44.1 Å². The van der Waals surface area contributed by atoms with Gasteiger partial charge in [-0.1, -0.05) is 88.0 Å². The lowest BCUT2D eigenvalue weighted by atomic mass is 10.2. The first-order chi connectivity index (χ1) is 34.5. The number of nitrogens with zero attached hydrogens (tertiary/aromatic N) is 11. The molecule has 72 heavy (non-hydrogen) atoms. The Labute approximate surface area is 443 Å². The Morgan fingerprint density at radius 3 is 1.47 bits per heavy atom. The van der Waals surface area contributed by atoms with E-state index in [1.807, 2.05) is 70.2 Å². The number of rotatable bonds is 21. The van der Waals surface area contributed by atoms with Crippen LogP contribution in [0.1, 0.15) is 33.3 Å². The first-order valence-electron chi connectivity index (χ1n) is 21.3. The van der Waals surface area contributed by atoms with Gasteiger partial charge in [0.25, 0.3) is 0 Å².